The summed E-state index contributed by atoms with van der Waals surface area (Å²) < 4.78 is 7.10. The predicted octanol–water partition coefficient (Wildman–Crippen LogP) is 3.70. The van der Waals surface area contributed by atoms with Crippen molar-refractivity contribution in [2.24, 2.45) is 5.92 Å². The first-order valence-corrected chi connectivity index (χ1v) is 7.87. The molecule has 1 atom stereocenters. The highest BCUT2D eigenvalue weighted by Crippen LogP contribution is 2.24. The SMILES string of the molecule is CCCn1c(=O)oc2cc(C(CCC(C)C)NC)ccc21. The van der Waals surface area contributed by atoms with Crippen molar-refractivity contribution >= 4 is 11.1 Å². The summed E-state index contributed by atoms with van der Waals surface area (Å²) in [5, 5.41) is 3.36. The average molecular weight is 290 g/mol. The van der Waals surface area contributed by atoms with E-state index in [4.69, 9.17) is 4.42 Å². The summed E-state index contributed by atoms with van der Waals surface area (Å²) in [4.78, 5) is 11.9. The van der Waals surface area contributed by atoms with Crippen LogP contribution >= 0.6 is 0 Å². The van der Waals surface area contributed by atoms with Crippen LogP contribution in [0.5, 0.6) is 0 Å². The number of aryl methyl sites for hydroxylation is 1. The summed E-state index contributed by atoms with van der Waals surface area (Å²) in [6, 6.07) is 6.41. The molecule has 0 saturated heterocycles. The number of benzene rings is 1. The molecular formula is C17H26N2O2. The molecule has 2 rings (SSSR count). The second-order valence-corrected chi connectivity index (χ2v) is 6.06. The van der Waals surface area contributed by atoms with Gasteiger partial charge >= 0.3 is 5.76 Å². The molecule has 0 fully saturated rings. The highest BCUT2D eigenvalue weighted by Gasteiger charge is 2.14. The predicted molar refractivity (Wildman–Crippen MR) is 86.6 cm³/mol. The second kappa shape index (κ2) is 6.94. The largest absolute Gasteiger partial charge is 0.419 e. The maximum Gasteiger partial charge on any atom is 0.419 e. The van der Waals surface area contributed by atoms with Crippen LogP contribution in [0, 0.1) is 5.92 Å². The zero-order chi connectivity index (χ0) is 15.4. The molecule has 0 radical (unpaired) electrons. The Morgan fingerprint density at radius 1 is 1.29 bits per heavy atom. The summed E-state index contributed by atoms with van der Waals surface area (Å²) in [5.74, 6) is 0.431. The van der Waals surface area contributed by atoms with Crippen molar-refractivity contribution in [2.45, 2.75) is 52.6 Å². The number of aromatic nitrogens is 1. The van der Waals surface area contributed by atoms with E-state index < -0.39 is 0 Å². The fourth-order valence-corrected chi connectivity index (χ4v) is 2.71. The lowest BCUT2D eigenvalue weighted by Crippen LogP contribution is -2.17. The lowest BCUT2D eigenvalue weighted by molar-refractivity contribution is 0.464. The van der Waals surface area contributed by atoms with Gasteiger partial charge in [0.15, 0.2) is 5.58 Å². The first kappa shape index (κ1) is 15.8. The van der Waals surface area contributed by atoms with Gasteiger partial charge in [0, 0.05) is 12.6 Å². The van der Waals surface area contributed by atoms with E-state index in [2.05, 4.69) is 32.2 Å². The standard InChI is InChI=1S/C17H26N2O2/c1-5-10-19-15-9-7-13(11-16(15)21-17(19)20)14(18-4)8-6-12(2)3/h7,9,11-12,14,18H,5-6,8,10H2,1-4H3. The van der Waals surface area contributed by atoms with Crippen LogP contribution < -0.4 is 11.1 Å². The molecule has 1 N–H and O–H groups in total. The first-order valence-electron chi connectivity index (χ1n) is 7.87. The van der Waals surface area contributed by atoms with Crippen LogP contribution in [0.2, 0.25) is 0 Å². The minimum atomic E-state index is -0.257. The fourth-order valence-electron chi connectivity index (χ4n) is 2.71. The van der Waals surface area contributed by atoms with E-state index >= 15 is 0 Å². The number of fused-ring (bicyclic) bond motifs is 1. The Morgan fingerprint density at radius 2 is 2.05 bits per heavy atom. The lowest BCUT2D eigenvalue weighted by atomic mass is 9.97. The Kier molecular flexibility index (Phi) is 5.23. The van der Waals surface area contributed by atoms with Crippen molar-refractivity contribution in [1.29, 1.82) is 0 Å². The number of hydrogen-bond donors (Lipinski definition) is 1. The molecule has 0 bridgehead atoms. The highest BCUT2D eigenvalue weighted by atomic mass is 16.4. The van der Waals surface area contributed by atoms with Crippen LogP contribution in [0.25, 0.3) is 11.1 Å². The molecule has 2 aromatic rings. The normalized spacial score (nSPS) is 13.2. The van der Waals surface area contributed by atoms with Crippen LogP contribution in [0.1, 0.15) is 51.6 Å². The molecule has 0 aliphatic rings. The molecule has 0 aliphatic carbocycles. The van der Waals surface area contributed by atoms with E-state index in [1.807, 2.05) is 19.2 Å². The minimum absolute atomic E-state index is 0.257. The van der Waals surface area contributed by atoms with Crippen molar-refractivity contribution < 1.29 is 4.42 Å². The summed E-state index contributed by atoms with van der Waals surface area (Å²) >= 11 is 0. The Labute approximate surface area is 126 Å². The van der Waals surface area contributed by atoms with E-state index in [0.29, 0.717) is 24.1 Å². The summed E-state index contributed by atoms with van der Waals surface area (Å²) in [7, 11) is 1.98. The number of nitrogens with one attached hydrogen (secondary N) is 1. The molecular weight excluding hydrogens is 264 g/mol. The molecule has 1 aromatic carbocycles. The minimum Gasteiger partial charge on any atom is -0.408 e. The Balaban J connectivity index is 2.31. The summed E-state index contributed by atoms with van der Waals surface area (Å²) in [6.07, 6.45) is 3.17. The van der Waals surface area contributed by atoms with Crippen molar-refractivity contribution in [1.82, 2.24) is 9.88 Å². The third kappa shape index (κ3) is 3.56. The van der Waals surface area contributed by atoms with Gasteiger partial charge in [-0.1, -0.05) is 26.8 Å². The smallest absolute Gasteiger partial charge is 0.408 e. The first-order chi connectivity index (χ1) is 10.1. The molecule has 21 heavy (non-hydrogen) atoms. The third-order valence-electron chi connectivity index (χ3n) is 3.92. The van der Waals surface area contributed by atoms with Crippen LogP contribution in [-0.2, 0) is 6.54 Å². The van der Waals surface area contributed by atoms with E-state index in [9.17, 15) is 4.79 Å². The van der Waals surface area contributed by atoms with Crippen LogP contribution in [-0.4, -0.2) is 11.6 Å². The Hall–Kier alpha value is -1.55. The van der Waals surface area contributed by atoms with Gasteiger partial charge < -0.3 is 9.73 Å². The molecule has 1 aromatic heterocycles. The number of rotatable bonds is 7. The van der Waals surface area contributed by atoms with Crippen LogP contribution in [0.15, 0.2) is 27.4 Å². The van der Waals surface area contributed by atoms with Crippen molar-refractivity contribution in [3.05, 3.63) is 34.3 Å². The van der Waals surface area contributed by atoms with Gasteiger partial charge in [-0.05, 0) is 49.9 Å². The molecule has 4 heteroatoms. The van der Waals surface area contributed by atoms with Crippen molar-refractivity contribution in [3.63, 3.8) is 0 Å². The number of hydrogen-bond acceptors (Lipinski definition) is 3. The van der Waals surface area contributed by atoms with Gasteiger partial charge in [-0.15, -0.1) is 0 Å². The molecule has 0 saturated carbocycles. The van der Waals surface area contributed by atoms with Gasteiger partial charge in [0.1, 0.15) is 0 Å². The number of oxazole rings is 1. The van der Waals surface area contributed by atoms with Gasteiger partial charge in [0.05, 0.1) is 5.52 Å². The van der Waals surface area contributed by atoms with Crippen molar-refractivity contribution in [2.75, 3.05) is 7.05 Å². The number of nitrogens with zero attached hydrogens (tertiary/aromatic N) is 1. The van der Waals surface area contributed by atoms with E-state index in [0.717, 1.165) is 18.4 Å². The highest BCUT2D eigenvalue weighted by molar-refractivity contribution is 5.73. The third-order valence-corrected chi connectivity index (χ3v) is 3.92. The molecule has 0 amide bonds. The van der Waals surface area contributed by atoms with E-state index in [-0.39, 0.29) is 5.76 Å². The zero-order valence-corrected chi connectivity index (χ0v) is 13.5. The van der Waals surface area contributed by atoms with E-state index in [1.165, 1.54) is 12.0 Å². The Bertz CT molecular complexity index is 640. The lowest BCUT2D eigenvalue weighted by Gasteiger charge is -2.17. The molecule has 1 heterocycles. The summed E-state index contributed by atoms with van der Waals surface area (Å²) in [6.45, 7) is 7.23. The summed E-state index contributed by atoms with van der Waals surface area (Å²) in [5.41, 5.74) is 2.77. The Morgan fingerprint density at radius 3 is 2.67 bits per heavy atom. The quantitative estimate of drug-likeness (QED) is 0.845. The van der Waals surface area contributed by atoms with Crippen molar-refractivity contribution in [3.8, 4) is 0 Å². The van der Waals surface area contributed by atoms with E-state index in [1.54, 1.807) is 4.57 Å². The molecule has 116 valence electrons. The maximum absolute atomic E-state index is 11.9. The molecule has 1 unspecified atom stereocenters. The van der Waals surface area contributed by atoms with Gasteiger partial charge in [-0.2, -0.15) is 0 Å². The topological polar surface area (TPSA) is 47.2 Å². The van der Waals surface area contributed by atoms with Crippen LogP contribution in [0.3, 0.4) is 0 Å². The zero-order valence-electron chi connectivity index (χ0n) is 13.5. The molecule has 0 aliphatic heterocycles. The van der Waals surface area contributed by atoms with Gasteiger partial charge in [0.2, 0.25) is 0 Å². The van der Waals surface area contributed by atoms with Crippen LogP contribution in [0.4, 0.5) is 0 Å². The van der Waals surface area contributed by atoms with Gasteiger partial charge in [0.25, 0.3) is 0 Å². The monoisotopic (exact) mass is 290 g/mol. The molecule has 4 nitrogen and oxygen atoms in total. The average Bonchev–Trinajstić information content (AvgIpc) is 2.75. The van der Waals surface area contributed by atoms with Gasteiger partial charge in [-0.25, -0.2) is 4.79 Å². The molecule has 0 spiro atoms. The fraction of sp³-hybridized carbons (Fsp3) is 0.588. The second-order valence-electron chi connectivity index (χ2n) is 6.06. The maximum atomic E-state index is 11.9. The van der Waals surface area contributed by atoms with Gasteiger partial charge in [-0.3, -0.25) is 4.57 Å².